The van der Waals surface area contributed by atoms with Gasteiger partial charge in [0, 0.05) is 23.1 Å². The topological polar surface area (TPSA) is 40.6 Å². The number of halogens is 2. The highest BCUT2D eigenvalue weighted by atomic mass is 35.5. The van der Waals surface area contributed by atoms with Crippen molar-refractivity contribution in [2.24, 2.45) is 0 Å². The van der Waals surface area contributed by atoms with Crippen LogP contribution >= 0.6 is 23.2 Å². The summed E-state index contributed by atoms with van der Waals surface area (Å²) in [6, 6.07) is 23.5. The molecule has 4 nitrogen and oxygen atoms in total. The Balaban J connectivity index is 1.82. The van der Waals surface area contributed by atoms with E-state index in [0.717, 1.165) is 5.56 Å². The van der Waals surface area contributed by atoms with Crippen molar-refractivity contribution < 1.29 is 9.59 Å². The maximum absolute atomic E-state index is 13.6. The van der Waals surface area contributed by atoms with Crippen LogP contribution in [0.4, 0.5) is 5.69 Å². The first-order chi connectivity index (χ1) is 15.0. The van der Waals surface area contributed by atoms with Crippen molar-refractivity contribution in [2.75, 3.05) is 11.4 Å². The molecule has 156 valence electrons. The second-order valence-electron chi connectivity index (χ2n) is 7.15. The van der Waals surface area contributed by atoms with Crippen LogP contribution in [0.2, 0.25) is 10.0 Å². The second-order valence-corrected chi connectivity index (χ2v) is 8.03. The van der Waals surface area contributed by atoms with Crippen LogP contribution in [0.5, 0.6) is 0 Å². The minimum absolute atomic E-state index is 0.352. The third kappa shape index (κ3) is 4.22. The summed E-state index contributed by atoms with van der Waals surface area (Å²) in [6.45, 7) is 3.05. The molecule has 0 aliphatic carbocycles. The maximum atomic E-state index is 13.6. The van der Waals surface area contributed by atoms with E-state index in [4.69, 9.17) is 23.2 Å². The monoisotopic (exact) mass is 450 g/mol. The van der Waals surface area contributed by atoms with E-state index in [-0.39, 0.29) is 11.8 Å². The number of anilines is 1. The first-order valence-corrected chi connectivity index (χ1v) is 10.7. The molecule has 0 aromatic heterocycles. The summed E-state index contributed by atoms with van der Waals surface area (Å²) in [7, 11) is 0. The molecule has 0 atom stereocenters. The zero-order chi connectivity index (χ0) is 22.0. The zero-order valence-corrected chi connectivity index (χ0v) is 18.4. The molecule has 0 spiro atoms. The molecule has 2 amide bonds. The summed E-state index contributed by atoms with van der Waals surface area (Å²) >= 11 is 12.1. The fraction of sp³-hybridized carbons (Fsp3) is 0.120. The number of hydrogen-bond donors (Lipinski definition) is 0. The van der Waals surface area contributed by atoms with E-state index in [9.17, 15) is 9.59 Å². The highest BCUT2D eigenvalue weighted by molar-refractivity contribution is 6.45. The summed E-state index contributed by atoms with van der Waals surface area (Å²) in [5, 5.41) is 1.10. The van der Waals surface area contributed by atoms with Gasteiger partial charge in [0.25, 0.3) is 11.8 Å². The van der Waals surface area contributed by atoms with Gasteiger partial charge >= 0.3 is 0 Å². The molecule has 1 heterocycles. The molecule has 3 aromatic carbocycles. The predicted molar refractivity (Wildman–Crippen MR) is 125 cm³/mol. The lowest BCUT2D eigenvalue weighted by atomic mass is 10.0. The van der Waals surface area contributed by atoms with Gasteiger partial charge in [-0.2, -0.15) is 0 Å². The minimum atomic E-state index is -0.365. The fourth-order valence-electron chi connectivity index (χ4n) is 3.67. The number of hydrogen-bond acceptors (Lipinski definition) is 3. The number of rotatable bonds is 6. The van der Waals surface area contributed by atoms with Gasteiger partial charge in [0.15, 0.2) is 0 Å². The van der Waals surface area contributed by atoms with Crippen molar-refractivity contribution in [1.82, 2.24) is 4.90 Å². The SMILES string of the molecule is CCN(Cc1ccccc1)C1=C(c2ccc(Cl)cc2)C(=O)N(c2ccc(Cl)cc2)C1=O. The quantitative estimate of drug-likeness (QED) is 0.445. The van der Waals surface area contributed by atoms with Gasteiger partial charge in [-0.15, -0.1) is 0 Å². The summed E-state index contributed by atoms with van der Waals surface area (Å²) in [5.41, 5.74) is 2.94. The van der Waals surface area contributed by atoms with Crippen molar-refractivity contribution in [3.8, 4) is 0 Å². The Bertz CT molecular complexity index is 1140. The lowest BCUT2D eigenvalue weighted by Crippen LogP contribution is -2.35. The molecule has 31 heavy (non-hydrogen) atoms. The third-order valence-electron chi connectivity index (χ3n) is 5.19. The standard InChI is InChI=1S/C25H20Cl2N2O2/c1-2-28(16-17-6-4-3-5-7-17)23-22(18-8-10-19(26)11-9-18)24(30)29(25(23)31)21-14-12-20(27)13-15-21/h3-15H,2,16H2,1H3. The summed E-state index contributed by atoms with van der Waals surface area (Å²) in [6.07, 6.45) is 0. The molecule has 0 saturated heterocycles. The van der Waals surface area contributed by atoms with Gasteiger partial charge in [-0.3, -0.25) is 9.59 Å². The number of benzene rings is 3. The Hall–Kier alpha value is -3.08. The molecule has 1 aliphatic rings. The number of carbonyl (C=O) groups excluding carboxylic acids is 2. The van der Waals surface area contributed by atoms with Gasteiger partial charge in [0.2, 0.25) is 0 Å². The van der Waals surface area contributed by atoms with Gasteiger partial charge < -0.3 is 4.90 Å². The Morgan fingerprint density at radius 2 is 1.35 bits per heavy atom. The van der Waals surface area contributed by atoms with Crippen molar-refractivity contribution >= 4 is 46.3 Å². The van der Waals surface area contributed by atoms with E-state index in [1.165, 1.54) is 4.90 Å². The molecule has 0 unspecified atom stereocenters. The predicted octanol–water partition coefficient (Wildman–Crippen LogP) is 5.80. The molecule has 0 fully saturated rings. The van der Waals surface area contributed by atoms with E-state index in [1.807, 2.05) is 42.2 Å². The van der Waals surface area contributed by atoms with Crippen LogP contribution in [0.1, 0.15) is 18.1 Å². The van der Waals surface area contributed by atoms with Crippen molar-refractivity contribution in [1.29, 1.82) is 0 Å². The maximum Gasteiger partial charge on any atom is 0.282 e. The van der Waals surface area contributed by atoms with E-state index < -0.39 is 0 Å². The van der Waals surface area contributed by atoms with Crippen molar-refractivity contribution in [3.05, 3.63) is 106 Å². The van der Waals surface area contributed by atoms with Gasteiger partial charge in [-0.1, -0.05) is 65.7 Å². The summed E-state index contributed by atoms with van der Waals surface area (Å²) in [4.78, 5) is 30.3. The van der Waals surface area contributed by atoms with Gasteiger partial charge in [0.05, 0.1) is 11.3 Å². The molecule has 0 N–H and O–H groups in total. The van der Waals surface area contributed by atoms with Gasteiger partial charge in [-0.25, -0.2) is 4.90 Å². The Morgan fingerprint density at radius 3 is 1.94 bits per heavy atom. The number of imide groups is 1. The van der Waals surface area contributed by atoms with Gasteiger partial charge in [0.1, 0.15) is 5.70 Å². The molecular formula is C25H20Cl2N2O2. The Morgan fingerprint density at radius 1 is 0.774 bits per heavy atom. The fourth-order valence-corrected chi connectivity index (χ4v) is 3.92. The highest BCUT2D eigenvalue weighted by Crippen LogP contribution is 2.36. The average molecular weight is 451 g/mol. The largest absolute Gasteiger partial charge is 0.362 e. The van der Waals surface area contributed by atoms with E-state index in [0.29, 0.717) is 45.7 Å². The van der Waals surface area contributed by atoms with E-state index >= 15 is 0 Å². The van der Waals surface area contributed by atoms with E-state index in [1.54, 1.807) is 48.5 Å². The zero-order valence-electron chi connectivity index (χ0n) is 16.9. The van der Waals surface area contributed by atoms with Crippen molar-refractivity contribution in [2.45, 2.75) is 13.5 Å². The third-order valence-corrected chi connectivity index (χ3v) is 5.70. The van der Waals surface area contributed by atoms with Crippen LogP contribution in [-0.4, -0.2) is 23.3 Å². The van der Waals surface area contributed by atoms with E-state index in [2.05, 4.69) is 0 Å². The molecule has 3 aromatic rings. The number of amides is 2. The lowest BCUT2D eigenvalue weighted by Gasteiger charge is -2.25. The van der Waals surface area contributed by atoms with Crippen LogP contribution < -0.4 is 4.90 Å². The van der Waals surface area contributed by atoms with Crippen LogP contribution in [0.3, 0.4) is 0 Å². The molecule has 0 bridgehead atoms. The van der Waals surface area contributed by atoms with Crippen LogP contribution in [0, 0.1) is 0 Å². The number of likely N-dealkylation sites (N-methyl/N-ethyl adjacent to an activating group) is 1. The second kappa shape index (κ2) is 8.96. The first-order valence-electron chi connectivity index (χ1n) is 9.93. The minimum Gasteiger partial charge on any atom is -0.362 e. The smallest absolute Gasteiger partial charge is 0.282 e. The molecule has 0 radical (unpaired) electrons. The van der Waals surface area contributed by atoms with Crippen LogP contribution in [-0.2, 0) is 16.1 Å². The molecule has 0 saturated carbocycles. The molecule has 6 heteroatoms. The number of carbonyl (C=O) groups is 2. The summed E-state index contributed by atoms with van der Waals surface area (Å²) < 4.78 is 0. The Kier molecular flexibility index (Phi) is 6.12. The average Bonchev–Trinajstić information content (AvgIpc) is 3.04. The summed E-state index contributed by atoms with van der Waals surface area (Å²) in [5.74, 6) is -0.716. The van der Waals surface area contributed by atoms with Crippen LogP contribution in [0.25, 0.3) is 5.57 Å². The lowest BCUT2D eigenvalue weighted by molar-refractivity contribution is -0.120. The van der Waals surface area contributed by atoms with Crippen LogP contribution in [0.15, 0.2) is 84.6 Å². The normalized spacial score (nSPS) is 13.8. The van der Waals surface area contributed by atoms with Gasteiger partial charge in [-0.05, 0) is 54.4 Å². The Labute approximate surface area is 191 Å². The highest BCUT2D eigenvalue weighted by Gasteiger charge is 2.42. The molecular weight excluding hydrogens is 431 g/mol. The first kappa shape index (κ1) is 21.2. The number of nitrogens with zero attached hydrogens (tertiary/aromatic N) is 2. The van der Waals surface area contributed by atoms with Crippen molar-refractivity contribution in [3.63, 3.8) is 0 Å². The molecule has 4 rings (SSSR count). The molecule has 1 aliphatic heterocycles.